The Hall–Kier alpha value is -1.07. The number of nitrogens with two attached hydrogens (primary N) is 1. The molecule has 1 aliphatic rings. The highest BCUT2D eigenvalue weighted by Crippen LogP contribution is 2.30. The summed E-state index contributed by atoms with van der Waals surface area (Å²) < 4.78 is 27.6. The molecule has 112 valence electrons. The highest BCUT2D eigenvalue weighted by molar-refractivity contribution is 7.89. The molecule has 0 amide bonds. The topological polar surface area (TPSA) is 72.2 Å². The van der Waals surface area contributed by atoms with E-state index >= 15 is 0 Å². The van der Waals surface area contributed by atoms with Crippen LogP contribution < -0.4 is 10.5 Å². The second-order valence-electron chi connectivity index (χ2n) is 6.10. The first-order valence-electron chi connectivity index (χ1n) is 7.18. The van der Waals surface area contributed by atoms with Gasteiger partial charge in [0.1, 0.15) is 0 Å². The molecular formula is C15H24N2O2S. The molecule has 3 N–H and O–H groups in total. The quantitative estimate of drug-likeness (QED) is 0.842. The average molecular weight is 296 g/mol. The second-order valence-corrected chi connectivity index (χ2v) is 7.82. The minimum atomic E-state index is -3.47. The van der Waals surface area contributed by atoms with Crippen molar-refractivity contribution in [2.75, 3.05) is 5.73 Å². The first kappa shape index (κ1) is 15.3. The normalized spacial score (nSPS) is 27.4. The smallest absolute Gasteiger partial charge is 0.240 e. The molecule has 1 aliphatic carbocycles. The zero-order valence-electron chi connectivity index (χ0n) is 12.4. The third kappa shape index (κ3) is 3.33. The second kappa shape index (κ2) is 5.74. The Labute approximate surface area is 121 Å². The van der Waals surface area contributed by atoms with E-state index in [-0.39, 0.29) is 10.9 Å². The molecule has 3 unspecified atom stereocenters. The van der Waals surface area contributed by atoms with Gasteiger partial charge in [0, 0.05) is 11.7 Å². The third-order valence-corrected chi connectivity index (χ3v) is 6.00. The van der Waals surface area contributed by atoms with Gasteiger partial charge in [-0.1, -0.05) is 19.9 Å². The molecule has 0 saturated heterocycles. The fourth-order valence-electron chi connectivity index (χ4n) is 2.73. The van der Waals surface area contributed by atoms with Crippen LogP contribution in [-0.4, -0.2) is 14.5 Å². The lowest BCUT2D eigenvalue weighted by Crippen LogP contribution is -2.39. The molecule has 0 aromatic heterocycles. The summed E-state index contributed by atoms with van der Waals surface area (Å²) in [6, 6.07) is 4.93. The van der Waals surface area contributed by atoms with E-state index in [1.165, 1.54) is 6.07 Å². The Morgan fingerprint density at radius 2 is 1.90 bits per heavy atom. The van der Waals surface area contributed by atoms with Gasteiger partial charge in [0.15, 0.2) is 0 Å². The SMILES string of the molecule is Cc1ccc(S(=O)(=O)NC2CCC(C)C(C)C2)cc1N. The Kier molecular flexibility index (Phi) is 4.39. The van der Waals surface area contributed by atoms with Crippen molar-refractivity contribution in [2.24, 2.45) is 11.8 Å². The molecule has 0 radical (unpaired) electrons. The Bertz CT molecular complexity index is 584. The molecule has 1 fully saturated rings. The standard InChI is InChI=1S/C15H24N2O2S/c1-10-4-6-13(8-12(10)3)17-20(18,19)14-7-5-11(2)15(16)9-14/h5,7,9-10,12-13,17H,4,6,8,16H2,1-3H3. The van der Waals surface area contributed by atoms with Crippen LogP contribution in [-0.2, 0) is 10.0 Å². The predicted octanol–water partition coefficient (Wildman–Crippen LogP) is 2.68. The van der Waals surface area contributed by atoms with E-state index in [0.29, 0.717) is 17.5 Å². The van der Waals surface area contributed by atoms with Gasteiger partial charge in [-0.05, 0) is 55.7 Å². The molecule has 0 spiro atoms. The predicted molar refractivity (Wildman–Crippen MR) is 81.9 cm³/mol. The number of aryl methyl sites for hydroxylation is 1. The van der Waals surface area contributed by atoms with Crippen molar-refractivity contribution in [1.29, 1.82) is 0 Å². The highest BCUT2D eigenvalue weighted by Gasteiger charge is 2.28. The summed E-state index contributed by atoms with van der Waals surface area (Å²) in [6.45, 7) is 6.29. The van der Waals surface area contributed by atoms with Crippen LogP contribution in [0.2, 0.25) is 0 Å². The van der Waals surface area contributed by atoms with E-state index < -0.39 is 10.0 Å². The van der Waals surface area contributed by atoms with Gasteiger partial charge in [0.25, 0.3) is 0 Å². The fraction of sp³-hybridized carbons (Fsp3) is 0.600. The van der Waals surface area contributed by atoms with Crippen molar-refractivity contribution in [3.8, 4) is 0 Å². The Morgan fingerprint density at radius 1 is 1.20 bits per heavy atom. The van der Waals surface area contributed by atoms with Gasteiger partial charge >= 0.3 is 0 Å². The van der Waals surface area contributed by atoms with Gasteiger partial charge in [-0.25, -0.2) is 13.1 Å². The number of nitrogen functional groups attached to an aromatic ring is 1. The first-order chi connectivity index (χ1) is 9.29. The van der Waals surface area contributed by atoms with Crippen LogP contribution in [0.4, 0.5) is 5.69 Å². The molecule has 20 heavy (non-hydrogen) atoms. The maximum Gasteiger partial charge on any atom is 0.240 e. The molecule has 3 atom stereocenters. The van der Waals surface area contributed by atoms with Crippen molar-refractivity contribution < 1.29 is 8.42 Å². The lowest BCUT2D eigenvalue weighted by atomic mass is 9.79. The number of hydrogen-bond donors (Lipinski definition) is 2. The Balaban J connectivity index is 2.13. The van der Waals surface area contributed by atoms with Gasteiger partial charge in [-0.3, -0.25) is 0 Å². The minimum Gasteiger partial charge on any atom is -0.398 e. The summed E-state index contributed by atoms with van der Waals surface area (Å²) in [7, 11) is -3.47. The Morgan fingerprint density at radius 3 is 2.50 bits per heavy atom. The van der Waals surface area contributed by atoms with Gasteiger partial charge < -0.3 is 5.73 Å². The minimum absolute atomic E-state index is 0.0359. The molecular weight excluding hydrogens is 272 g/mol. The van der Waals surface area contributed by atoms with E-state index in [2.05, 4.69) is 18.6 Å². The van der Waals surface area contributed by atoms with Crippen LogP contribution >= 0.6 is 0 Å². The largest absolute Gasteiger partial charge is 0.398 e. The van der Waals surface area contributed by atoms with E-state index in [1.54, 1.807) is 12.1 Å². The maximum atomic E-state index is 12.4. The number of sulfonamides is 1. The molecule has 5 heteroatoms. The lowest BCUT2D eigenvalue weighted by Gasteiger charge is -2.32. The summed E-state index contributed by atoms with van der Waals surface area (Å²) in [5, 5.41) is 0. The number of hydrogen-bond acceptors (Lipinski definition) is 3. The monoisotopic (exact) mass is 296 g/mol. The van der Waals surface area contributed by atoms with Crippen LogP contribution in [0.15, 0.2) is 23.1 Å². The molecule has 2 rings (SSSR count). The third-order valence-electron chi connectivity index (χ3n) is 4.48. The summed E-state index contributed by atoms with van der Waals surface area (Å²) in [4.78, 5) is 0.256. The van der Waals surface area contributed by atoms with Gasteiger partial charge in [0.05, 0.1) is 4.90 Å². The number of benzene rings is 1. The molecule has 1 aromatic rings. The van der Waals surface area contributed by atoms with E-state index in [9.17, 15) is 8.42 Å². The number of anilines is 1. The van der Waals surface area contributed by atoms with Crippen molar-refractivity contribution in [2.45, 2.75) is 51.0 Å². The number of rotatable bonds is 3. The van der Waals surface area contributed by atoms with Crippen molar-refractivity contribution in [1.82, 2.24) is 4.72 Å². The molecule has 1 saturated carbocycles. The van der Waals surface area contributed by atoms with Crippen molar-refractivity contribution in [3.05, 3.63) is 23.8 Å². The lowest BCUT2D eigenvalue weighted by molar-refractivity contribution is 0.242. The summed E-state index contributed by atoms with van der Waals surface area (Å²) >= 11 is 0. The molecule has 0 heterocycles. The fourth-order valence-corrected chi connectivity index (χ4v) is 4.05. The molecule has 1 aromatic carbocycles. The maximum absolute atomic E-state index is 12.4. The molecule has 0 aliphatic heterocycles. The zero-order chi connectivity index (χ0) is 14.9. The van der Waals surface area contributed by atoms with Crippen molar-refractivity contribution >= 4 is 15.7 Å². The van der Waals surface area contributed by atoms with Crippen molar-refractivity contribution in [3.63, 3.8) is 0 Å². The van der Waals surface area contributed by atoms with Gasteiger partial charge in [-0.15, -0.1) is 0 Å². The van der Waals surface area contributed by atoms with E-state index in [1.807, 2.05) is 6.92 Å². The molecule has 4 nitrogen and oxygen atoms in total. The van der Waals surface area contributed by atoms with E-state index in [0.717, 1.165) is 24.8 Å². The number of nitrogens with one attached hydrogen (secondary N) is 1. The van der Waals surface area contributed by atoms with Crippen LogP contribution in [0.3, 0.4) is 0 Å². The van der Waals surface area contributed by atoms with Crippen LogP contribution in [0, 0.1) is 18.8 Å². The van der Waals surface area contributed by atoms with Crippen LogP contribution in [0.1, 0.15) is 38.7 Å². The first-order valence-corrected chi connectivity index (χ1v) is 8.66. The van der Waals surface area contributed by atoms with Gasteiger partial charge in [-0.2, -0.15) is 0 Å². The summed E-state index contributed by atoms with van der Waals surface area (Å²) in [5.74, 6) is 1.23. The zero-order valence-corrected chi connectivity index (χ0v) is 13.2. The summed E-state index contributed by atoms with van der Waals surface area (Å²) in [5.41, 5.74) is 7.20. The molecule has 0 bridgehead atoms. The summed E-state index contributed by atoms with van der Waals surface area (Å²) in [6.07, 6.45) is 2.89. The van der Waals surface area contributed by atoms with E-state index in [4.69, 9.17) is 5.73 Å². The highest BCUT2D eigenvalue weighted by atomic mass is 32.2. The van der Waals surface area contributed by atoms with Crippen LogP contribution in [0.5, 0.6) is 0 Å². The van der Waals surface area contributed by atoms with Crippen LogP contribution in [0.25, 0.3) is 0 Å². The van der Waals surface area contributed by atoms with Gasteiger partial charge in [0.2, 0.25) is 10.0 Å². The average Bonchev–Trinajstić information content (AvgIpc) is 2.37.